The summed E-state index contributed by atoms with van der Waals surface area (Å²) in [6.45, 7) is 9.10. The molecule has 0 aromatic rings. The molecule has 0 aromatic carbocycles. The first kappa shape index (κ1) is 11.9. The smallest absolute Gasteiger partial charge is 0.0773 e. The quantitative estimate of drug-likeness (QED) is 0.626. The van der Waals surface area contributed by atoms with Gasteiger partial charge in [0.2, 0.25) is 0 Å². The lowest BCUT2D eigenvalue weighted by atomic mass is 10.0. The molecule has 0 amide bonds. The van der Waals surface area contributed by atoms with E-state index in [2.05, 4.69) is 6.92 Å². The highest BCUT2D eigenvalue weighted by molar-refractivity contribution is 4.78. The van der Waals surface area contributed by atoms with Gasteiger partial charge in [0.25, 0.3) is 0 Å². The summed E-state index contributed by atoms with van der Waals surface area (Å²) in [4.78, 5) is 0. The van der Waals surface area contributed by atoms with Gasteiger partial charge >= 0.3 is 0 Å². The highest BCUT2D eigenvalue weighted by atomic mass is 16.5. The summed E-state index contributed by atoms with van der Waals surface area (Å²) in [5.74, 6) is 0. The van der Waals surface area contributed by atoms with E-state index >= 15 is 0 Å². The zero-order valence-electron chi connectivity index (χ0n) is 8.89. The van der Waals surface area contributed by atoms with Gasteiger partial charge in [0.05, 0.1) is 5.60 Å². The average molecular weight is 173 g/mol. The van der Waals surface area contributed by atoms with Crippen LogP contribution >= 0.6 is 0 Å². The Labute approximate surface area is 76.5 Å². The Morgan fingerprint density at radius 2 is 1.92 bits per heavy atom. The second kappa shape index (κ2) is 5.55. The lowest BCUT2D eigenvalue weighted by molar-refractivity contribution is -0.0332. The molecular weight excluding hydrogens is 150 g/mol. The maximum absolute atomic E-state index is 5.76. The summed E-state index contributed by atoms with van der Waals surface area (Å²) in [5.41, 5.74) is 5.59. The topological polar surface area (TPSA) is 35.2 Å². The molecule has 0 aliphatic rings. The molecule has 2 heteroatoms. The third kappa shape index (κ3) is 4.73. The van der Waals surface area contributed by atoms with Gasteiger partial charge in [0, 0.05) is 12.6 Å². The van der Waals surface area contributed by atoms with Gasteiger partial charge in [0.15, 0.2) is 0 Å². The van der Waals surface area contributed by atoms with Crippen LogP contribution in [0.2, 0.25) is 0 Å². The van der Waals surface area contributed by atoms with Crippen molar-refractivity contribution < 1.29 is 4.74 Å². The highest BCUT2D eigenvalue weighted by Crippen LogP contribution is 2.13. The van der Waals surface area contributed by atoms with Gasteiger partial charge in [-0.3, -0.25) is 0 Å². The molecule has 0 aliphatic carbocycles. The number of rotatable bonds is 6. The molecule has 0 saturated carbocycles. The van der Waals surface area contributed by atoms with Gasteiger partial charge in [0.1, 0.15) is 0 Å². The number of unbranched alkanes of at least 4 members (excludes halogenated alkanes) is 2. The minimum atomic E-state index is -0.173. The van der Waals surface area contributed by atoms with Crippen LogP contribution in [-0.4, -0.2) is 18.2 Å². The molecule has 0 fully saturated rings. The average Bonchev–Trinajstić information content (AvgIpc) is 1.98. The highest BCUT2D eigenvalue weighted by Gasteiger charge is 2.22. The van der Waals surface area contributed by atoms with Crippen molar-refractivity contribution in [2.75, 3.05) is 6.61 Å². The van der Waals surface area contributed by atoms with E-state index in [1.807, 2.05) is 20.8 Å². The predicted octanol–water partition coefficient (Wildman–Crippen LogP) is 2.32. The van der Waals surface area contributed by atoms with Crippen molar-refractivity contribution in [3.63, 3.8) is 0 Å². The molecule has 74 valence electrons. The number of hydrogen-bond acceptors (Lipinski definition) is 2. The van der Waals surface area contributed by atoms with E-state index in [4.69, 9.17) is 10.5 Å². The van der Waals surface area contributed by atoms with Crippen LogP contribution in [0.3, 0.4) is 0 Å². The normalized spacial score (nSPS) is 14.8. The van der Waals surface area contributed by atoms with Crippen LogP contribution in [0.15, 0.2) is 0 Å². The number of nitrogens with two attached hydrogens (primary N) is 1. The minimum absolute atomic E-state index is 0.0964. The first-order valence-electron chi connectivity index (χ1n) is 4.90. The Kier molecular flexibility index (Phi) is 5.51. The molecule has 1 atom stereocenters. The number of ether oxygens (including phenoxy) is 1. The summed E-state index contributed by atoms with van der Waals surface area (Å²) in [6, 6.07) is 0.0964. The molecule has 2 N–H and O–H groups in total. The van der Waals surface area contributed by atoms with Crippen molar-refractivity contribution in [1.29, 1.82) is 0 Å². The molecule has 12 heavy (non-hydrogen) atoms. The van der Waals surface area contributed by atoms with Gasteiger partial charge in [-0.1, -0.05) is 19.8 Å². The molecule has 0 spiro atoms. The van der Waals surface area contributed by atoms with Gasteiger partial charge in [-0.05, 0) is 27.2 Å². The SMILES string of the molecule is CCCCCOC(C)(C)C(C)N. The predicted molar refractivity (Wildman–Crippen MR) is 53.2 cm³/mol. The maximum Gasteiger partial charge on any atom is 0.0773 e. The maximum atomic E-state index is 5.76. The summed E-state index contributed by atoms with van der Waals surface area (Å²) in [5, 5.41) is 0. The van der Waals surface area contributed by atoms with Crippen LogP contribution in [-0.2, 0) is 4.74 Å². The van der Waals surface area contributed by atoms with Crippen LogP contribution in [0.1, 0.15) is 47.0 Å². The van der Waals surface area contributed by atoms with E-state index in [0.717, 1.165) is 13.0 Å². The van der Waals surface area contributed by atoms with Crippen LogP contribution in [0.4, 0.5) is 0 Å². The number of hydrogen-bond donors (Lipinski definition) is 1. The Morgan fingerprint density at radius 1 is 1.33 bits per heavy atom. The van der Waals surface area contributed by atoms with Gasteiger partial charge < -0.3 is 10.5 Å². The second-order valence-corrected chi connectivity index (χ2v) is 3.95. The van der Waals surface area contributed by atoms with Crippen LogP contribution in [0.5, 0.6) is 0 Å². The molecule has 0 aromatic heterocycles. The molecule has 2 nitrogen and oxygen atoms in total. The molecule has 0 bridgehead atoms. The van der Waals surface area contributed by atoms with Gasteiger partial charge in [-0.15, -0.1) is 0 Å². The zero-order valence-corrected chi connectivity index (χ0v) is 8.89. The van der Waals surface area contributed by atoms with E-state index in [0.29, 0.717) is 0 Å². The first-order chi connectivity index (χ1) is 5.50. The second-order valence-electron chi connectivity index (χ2n) is 3.95. The van der Waals surface area contributed by atoms with Crippen LogP contribution in [0, 0.1) is 0 Å². The van der Waals surface area contributed by atoms with Gasteiger partial charge in [-0.2, -0.15) is 0 Å². The molecule has 0 radical (unpaired) electrons. The zero-order chi connectivity index (χ0) is 9.61. The summed E-state index contributed by atoms with van der Waals surface area (Å²) in [7, 11) is 0. The van der Waals surface area contributed by atoms with Crippen molar-refractivity contribution in [3.8, 4) is 0 Å². The first-order valence-corrected chi connectivity index (χ1v) is 4.90. The fraction of sp³-hybridized carbons (Fsp3) is 1.00. The fourth-order valence-electron chi connectivity index (χ4n) is 0.819. The molecule has 0 heterocycles. The molecular formula is C10H23NO. The fourth-order valence-corrected chi connectivity index (χ4v) is 0.819. The lowest BCUT2D eigenvalue weighted by Crippen LogP contribution is -2.43. The van der Waals surface area contributed by atoms with Crippen LogP contribution < -0.4 is 5.73 Å². The Morgan fingerprint density at radius 3 is 2.33 bits per heavy atom. The Balaban J connectivity index is 3.47. The molecule has 0 saturated heterocycles. The Hall–Kier alpha value is -0.0800. The van der Waals surface area contributed by atoms with E-state index in [9.17, 15) is 0 Å². The molecule has 0 rings (SSSR count). The summed E-state index contributed by atoms with van der Waals surface area (Å²) in [6.07, 6.45) is 3.63. The third-order valence-electron chi connectivity index (χ3n) is 2.32. The van der Waals surface area contributed by atoms with E-state index in [1.165, 1.54) is 12.8 Å². The van der Waals surface area contributed by atoms with Crippen molar-refractivity contribution in [1.82, 2.24) is 0 Å². The third-order valence-corrected chi connectivity index (χ3v) is 2.32. The largest absolute Gasteiger partial charge is 0.374 e. The Bertz CT molecular complexity index is 110. The van der Waals surface area contributed by atoms with Crippen molar-refractivity contribution in [2.45, 2.75) is 58.6 Å². The summed E-state index contributed by atoms with van der Waals surface area (Å²) >= 11 is 0. The van der Waals surface area contributed by atoms with Crippen molar-refractivity contribution >= 4 is 0 Å². The minimum Gasteiger partial charge on any atom is -0.374 e. The summed E-state index contributed by atoms with van der Waals surface area (Å²) < 4.78 is 5.67. The van der Waals surface area contributed by atoms with E-state index in [-0.39, 0.29) is 11.6 Å². The molecule has 0 aliphatic heterocycles. The van der Waals surface area contributed by atoms with E-state index < -0.39 is 0 Å². The molecule has 1 unspecified atom stereocenters. The van der Waals surface area contributed by atoms with Crippen LogP contribution in [0.25, 0.3) is 0 Å². The van der Waals surface area contributed by atoms with E-state index in [1.54, 1.807) is 0 Å². The standard InChI is InChI=1S/C10H23NO/c1-5-6-7-8-12-10(3,4)9(2)11/h9H,5-8,11H2,1-4H3. The monoisotopic (exact) mass is 173 g/mol. The van der Waals surface area contributed by atoms with Crippen molar-refractivity contribution in [3.05, 3.63) is 0 Å². The van der Waals surface area contributed by atoms with Crippen molar-refractivity contribution in [2.24, 2.45) is 5.73 Å². The lowest BCUT2D eigenvalue weighted by Gasteiger charge is -2.29. The van der Waals surface area contributed by atoms with Gasteiger partial charge in [-0.25, -0.2) is 0 Å².